The number of nitrogens with one attached hydrogen (secondary N) is 1. The molecule has 0 bridgehead atoms. The molecule has 2 N–H and O–H groups in total. The van der Waals surface area contributed by atoms with Crippen LogP contribution in [0.5, 0.6) is 0 Å². The largest absolute Gasteiger partial charge is 0.480 e. The van der Waals surface area contributed by atoms with Crippen LogP contribution in [0.2, 0.25) is 0 Å². The highest BCUT2D eigenvalue weighted by molar-refractivity contribution is 5.95. The molecule has 0 unspecified atom stereocenters. The van der Waals surface area contributed by atoms with Crippen LogP contribution in [0.4, 0.5) is 11.4 Å². The summed E-state index contributed by atoms with van der Waals surface area (Å²) in [6.45, 7) is 1.31. The van der Waals surface area contributed by atoms with Crippen molar-refractivity contribution < 1.29 is 19.2 Å². The Morgan fingerprint density at radius 2 is 2.10 bits per heavy atom. The number of fused-ring (bicyclic) bond motifs is 1. The summed E-state index contributed by atoms with van der Waals surface area (Å²) in [5.41, 5.74) is -1.95. The van der Waals surface area contributed by atoms with Crippen LogP contribution < -0.4 is 10.9 Å². The van der Waals surface area contributed by atoms with E-state index < -0.39 is 28.2 Å². The molecule has 0 amide bonds. The van der Waals surface area contributed by atoms with Gasteiger partial charge in [0.15, 0.2) is 0 Å². The van der Waals surface area contributed by atoms with Crippen LogP contribution in [0.15, 0.2) is 33.5 Å². The van der Waals surface area contributed by atoms with E-state index in [1.54, 1.807) is 12.1 Å². The summed E-state index contributed by atoms with van der Waals surface area (Å²) < 4.78 is 4.85. The second-order valence-corrected chi connectivity index (χ2v) is 4.07. The Labute approximate surface area is 111 Å². The van der Waals surface area contributed by atoms with Crippen molar-refractivity contribution in [2.24, 2.45) is 0 Å². The molecule has 104 valence electrons. The third-order valence-corrected chi connectivity index (χ3v) is 2.70. The fourth-order valence-corrected chi connectivity index (χ4v) is 1.73. The van der Waals surface area contributed by atoms with Crippen LogP contribution in [-0.2, 0) is 4.79 Å². The highest BCUT2D eigenvalue weighted by atomic mass is 16.6. The van der Waals surface area contributed by atoms with Crippen LogP contribution >= 0.6 is 0 Å². The lowest BCUT2D eigenvalue weighted by Crippen LogP contribution is -2.27. The zero-order valence-electron chi connectivity index (χ0n) is 10.3. The number of carboxylic acids is 1. The Balaban J connectivity index is 2.75. The lowest BCUT2D eigenvalue weighted by atomic mass is 10.1. The Kier molecular flexibility index (Phi) is 3.38. The van der Waals surface area contributed by atoms with E-state index in [0.29, 0.717) is 0 Å². The molecule has 0 saturated heterocycles. The first-order valence-electron chi connectivity index (χ1n) is 5.61. The fourth-order valence-electron chi connectivity index (χ4n) is 1.73. The van der Waals surface area contributed by atoms with E-state index in [2.05, 4.69) is 5.32 Å². The number of carbonyl (C=O) groups is 1. The third-order valence-electron chi connectivity index (χ3n) is 2.70. The van der Waals surface area contributed by atoms with Crippen LogP contribution in [0.1, 0.15) is 6.92 Å². The molecule has 0 fully saturated rings. The number of carboxylic acid groups (broad SMARTS) is 1. The zero-order chi connectivity index (χ0) is 14.9. The molecule has 8 nitrogen and oxygen atoms in total. The van der Waals surface area contributed by atoms with E-state index in [1.807, 2.05) is 0 Å². The van der Waals surface area contributed by atoms with Gasteiger partial charge in [-0.1, -0.05) is 12.1 Å². The highest BCUT2D eigenvalue weighted by Crippen LogP contribution is 2.30. The van der Waals surface area contributed by atoms with E-state index in [9.17, 15) is 19.7 Å². The summed E-state index contributed by atoms with van der Waals surface area (Å²) in [5, 5.41) is 22.6. The van der Waals surface area contributed by atoms with Gasteiger partial charge in [-0.05, 0) is 19.1 Å². The summed E-state index contributed by atoms with van der Waals surface area (Å²) >= 11 is 0. The number of hydrogen-bond acceptors (Lipinski definition) is 6. The lowest BCUT2D eigenvalue weighted by Gasteiger charge is -2.12. The second kappa shape index (κ2) is 5.00. The molecule has 1 atom stereocenters. The van der Waals surface area contributed by atoms with Gasteiger partial charge in [-0.25, -0.2) is 4.79 Å². The SMILES string of the molecule is C[C@H](Nc1c([N+](=O)[O-])c(=O)oc2ccccc12)C(=O)O. The summed E-state index contributed by atoms with van der Waals surface area (Å²) in [5.74, 6) is -1.20. The topological polar surface area (TPSA) is 123 Å². The summed E-state index contributed by atoms with van der Waals surface area (Å²) in [7, 11) is 0. The van der Waals surface area contributed by atoms with Gasteiger partial charge in [-0.15, -0.1) is 0 Å². The molecule has 2 rings (SSSR count). The standard InChI is InChI=1S/C12H10N2O6/c1-6(11(15)16)13-9-7-4-2-3-5-8(7)20-12(17)10(9)14(18)19/h2-6,13H,1H3,(H,15,16)/t6-/m0/s1. The number of nitro groups is 1. The number of anilines is 1. The number of aliphatic carboxylic acids is 1. The highest BCUT2D eigenvalue weighted by Gasteiger charge is 2.26. The van der Waals surface area contributed by atoms with Crippen molar-refractivity contribution in [1.29, 1.82) is 0 Å². The molecule has 1 heterocycles. The van der Waals surface area contributed by atoms with Gasteiger partial charge in [0, 0.05) is 5.39 Å². The quantitative estimate of drug-likeness (QED) is 0.494. The van der Waals surface area contributed by atoms with Gasteiger partial charge in [0.1, 0.15) is 17.3 Å². The third kappa shape index (κ3) is 2.30. The Morgan fingerprint density at radius 3 is 2.70 bits per heavy atom. The Morgan fingerprint density at radius 1 is 1.45 bits per heavy atom. The average molecular weight is 278 g/mol. The second-order valence-electron chi connectivity index (χ2n) is 4.07. The minimum Gasteiger partial charge on any atom is -0.480 e. The van der Waals surface area contributed by atoms with Crippen LogP contribution in [0.25, 0.3) is 11.0 Å². The minimum atomic E-state index is -1.20. The average Bonchev–Trinajstić information content (AvgIpc) is 2.37. The fraction of sp³-hybridized carbons (Fsp3) is 0.167. The van der Waals surface area contributed by atoms with E-state index in [-0.39, 0.29) is 16.7 Å². The summed E-state index contributed by atoms with van der Waals surface area (Å²) in [6, 6.07) is 5.07. The minimum absolute atomic E-state index is 0.142. The van der Waals surface area contributed by atoms with Gasteiger partial charge in [0.05, 0.1) is 4.92 Å². The van der Waals surface area contributed by atoms with Gasteiger partial charge >= 0.3 is 17.3 Å². The molecule has 0 radical (unpaired) electrons. The molecule has 0 aliphatic carbocycles. The van der Waals surface area contributed by atoms with Crippen LogP contribution in [-0.4, -0.2) is 22.0 Å². The zero-order valence-corrected chi connectivity index (χ0v) is 10.3. The maximum atomic E-state index is 11.7. The normalized spacial score (nSPS) is 12.1. The van der Waals surface area contributed by atoms with E-state index in [4.69, 9.17) is 9.52 Å². The molecule has 0 saturated carbocycles. The first-order valence-corrected chi connectivity index (χ1v) is 5.61. The number of rotatable bonds is 4. The summed E-state index contributed by atoms with van der Waals surface area (Å²) in [4.78, 5) is 32.6. The monoisotopic (exact) mass is 278 g/mol. The summed E-state index contributed by atoms with van der Waals surface area (Å²) in [6.07, 6.45) is 0. The molecule has 1 aromatic carbocycles. The first kappa shape index (κ1) is 13.5. The maximum absolute atomic E-state index is 11.7. The molecular formula is C12H10N2O6. The van der Waals surface area contributed by atoms with Gasteiger partial charge in [-0.3, -0.25) is 14.9 Å². The number of para-hydroxylation sites is 1. The van der Waals surface area contributed by atoms with Gasteiger partial charge < -0.3 is 14.8 Å². The number of benzene rings is 1. The predicted molar refractivity (Wildman–Crippen MR) is 69.9 cm³/mol. The van der Waals surface area contributed by atoms with Crippen molar-refractivity contribution >= 4 is 28.3 Å². The number of hydrogen-bond donors (Lipinski definition) is 2. The van der Waals surface area contributed by atoms with Crippen molar-refractivity contribution in [1.82, 2.24) is 0 Å². The maximum Gasteiger partial charge on any atom is 0.417 e. The lowest BCUT2D eigenvalue weighted by molar-refractivity contribution is -0.386. The molecule has 20 heavy (non-hydrogen) atoms. The molecule has 1 aromatic heterocycles. The van der Waals surface area contributed by atoms with Gasteiger partial charge in [0.25, 0.3) is 0 Å². The molecule has 8 heteroatoms. The van der Waals surface area contributed by atoms with Gasteiger partial charge in [0.2, 0.25) is 0 Å². The van der Waals surface area contributed by atoms with Crippen LogP contribution in [0.3, 0.4) is 0 Å². The van der Waals surface area contributed by atoms with Crippen molar-refractivity contribution in [2.75, 3.05) is 5.32 Å². The van der Waals surface area contributed by atoms with Crippen molar-refractivity contribution in [3.8, 4) is 0 Å². The van der Waals surface area contributed by atoms with E-state index in [1.165, 1.54) is 19.1 Å². The molecule has 2 aromatic rings. The number of nitrogens with zero attached hydrogens (tertiary/aromatic N) is 1. The first-order chi connectivity index (χ1) is 9.41. The van der Waals surface area contributed by atoms with Crippen molar-refractivity contribution in [3.63, 3.8) is 0 Å². The molecule has 0 aliphatic rings. The molecular weight excluding hydrogens is 268 g/mol. The molecule has 0 aliphatic heterocycles. The van der Waals surface area contributed by atoms with E-state index >= 15 is 0 Å². The van der Waals surface area contributed by atoms with Crippen LogP contribution in [0, 0.1) is 10.1 Å². The van der Waals surface area contributed by atoms with Crippen molar-refractivity contribution in [2.45, 2.75) is 13.0 Å². The predicted octanol–water partition coefficient (Wildman–Crippen LogP) is 1.59. The Hall–Kier alpha value is -2.90. The van der Waals surface area contributed by atoms with E-state index in [0.717, 1.165) is 0 Å². The Bertz CT molecular complexity index is 751. The van der Waals surface area contributed by atoms with Gasteiger partial charge in [-0.2, -0.15) is 0 Å². The smallest absolute Gasteiger partial charge is 0.417 e. The van der Waals surface area contributed by atoms with Crippen molar-refractivity contribution in [3.05, 3.63) is 44.8 Å². The molecule has 0 spiro atoms.